The highest BCUT2D eigenvalue weighted by Gasteiger charge is 2.32. The molecular weight excluding hydrogens is 286 g/mol. The third kappa shape index (κ3) is 3.46. The third-order valence-corrected chi connectivity index (χ3v) is 5.84. The van der Waals surface area contributed by atoms with Gasteiger partial charge in [0.1, 0.15) is 6.61 Å². The zero-order valence-corrected chi connectivity index (χ0v) is 13.3. The van der Waals surface area contributed by atoms with E-state index >= 15 is 0 Å². The van der Waals surface area contributed by atoms with Crippen molar-refractivity contribution in [3.8, 4) is 11.8 Å². The van der Waals surface area contributed by atoms with Gasteiger partial charge < -0.3 is 5.11 Å². The molecule has 1 aliphatic rings. The molecule has 1 aliphatic heterocycles. The maximum Gasteiger partial charge on any atom is 0.244 e. The Kier molecular flexibility index (Phi) is 5.04. The summed E-state index contributed by atoms with van der Waals surface area (Å²) in [6.45, 7) is 4.12. The summed E-state index contributed by atoms with van der Waals surface area (Å²) in [6, 6.07) is 5.17. The van der Waals surface area contributed by atoms with Crippen LogP contribution in [0.3, 0.4) is 0 Å². The smallest absolute Gasteiger partial charge is 0.244 e. The molecule has 1 aromatic carbocycles. The molecule has 0 spiro atoms. The zero-order chi connectivity index (χ0) is 15.5. The van der Waals surface area contributed by atoms with Gasteiger partial charge in [0.2, 0.25) is 10.0 Å². The lowest BCUT2D eigenvalue weighted by atomic mass is 10.1. The fourth-order valence-electron chi connectivity index (χ4n) is 2.66. The van der Waals surface area contributed by atoms with Gasteiger partial charge in [-0.3, -0.25) is 0 Å². The summed E-state index contributed by atoms with van der Waals surface area (Å²) >= 11 is 0. The molecule has 0 aromatic heterocycles. The average molecular weight is 307 g/mol. The van der Waals surface area contributed by atoms with Crippen molar-refractivity contribution in [2.75, 3.05) is 13.2 Å². The molecule has 1 N–H and O–H groups in total. The number of aliphatic hydroxyl groups excluding tert-OH is 1. The van der Waals surface area contributed by atoms with Gasteiger partial charge in [-0.05, 0) is 44.4 Å². The maximum atomic E-state index is 12.9. The normalized spacial score (nSPS) is 19.9. The van der Waals surface area contributed by atoms with Gasteiger partial charge in [0.15, 0.2) is 0 Å². The molecule has 1 aromatic rings. The van der Waals surface area contributed by atoms with Crippen LogP contribution in [-0.2, 0) is 10.0 Å². The van der Waals surface area contributed by atoms with Crippen molar-refractivity contribution >= 4 is 10.0 Å². The minimum absolute atomic E-state index is 0.0173. The molecular formula is C16H21NO3S. The molecule has 0 bridgehead atoms. The molecule has 0 radical (unpaired) electrons. The van der Waals surface area contributed by atoms with Crippen molar-refractivity contribution < 1.29 is 13.5 Å². The molecule has 1 heterocycles. The third-order valence-electron chi connectivity index (χ3n) is 3.77. The highest BCUT2D eigenvalue weighted by Crippen LogP contribution is 2.27. The van der Waals surface area contributed by atoms with Crippen LogP contribution in [0.5, 0.6) is 0 Å². The van der Waals surface area contributed by atoms with Crippen LogP contribution >= 0.6 is 0 Å². The summed E-state index contributed by atoms with van der Waals surface area (Å²) in [5, 5.41) is 8.85. The van der Waals surface area contributed by atoms with Crippen molar-refractivity contribution in [2.24, 2.45) is 0 Å². The van der Waals surface area contributed by atoms with Crippen LogP contribution in [0.2, 0.25) is 0 Å². The van der Waals surface area contributed by atoms with Crippen molar-refractivity contribution in [3.63, 3.8) is 0 Å². The molecule has 0 aliphatic carbocycles. The number of benzene rings is 1. The van der Waals surface area contributed by atoms with Gasteiger partial charge in [-0.2, -0.15) is 4.31 Å². The quantitative estimate of drug-likeness (QED) is 0.849. The van der Waals surface area contributed by atoms with Gasteiger partial charge in [-0.15, -0.1) is 0 Å². The summed E-state index contributed by atoms with van der Waals surface area (Å²) in [5.41, 5.74) is 1.41. The van der Waals surface area contributed by atoms with Crippen LogP contribution in [-0.4, -0.2) is 37.0 Å². The second-order valence-electron chi connectivity index (χ2n) is 5.42. The monoisotopic (exact) mass is 307 g/mol. The van der Waals surface area contributed by atoms with E-state index in [1.807, 2.05) is 13.8 Å². The number of sulfonamides is 1. The fourth-order valence-corrected chi connectivity index (χ4v) is 4.49. The first kappa shape index (κ1) is 16.0. The Balaban J connectivity index is 2.49. The van der Waals surface area contributed by atoms with Crippen LogP contribution in [0, 0.1) is 18.8 Å². The number of hydrogen-bond donors (Lipinski definition) is 1. The van der Waals surface area contributed by atoms with Gasteiger partial charge in [0.25, 0.3) is 0 Å². The number of piperidine rings is 1. The predicted molar refractivity (Wildman–Crippen MR) is 82.3 cm³/mol. The van der Waals surface area contributed by atoms with Gasteiger partial charge in [-0.1, -0.05) is 24.3 Å². The maximum absolute atomic E-state index is 12.9. The van der Waals surface area contributed by atoms with E-state index < -0.39 is 10.0 Å². The van der Waals surface area contributed by atoms with Crippen molar-refractivity contribution in [2.45, 2.75) is 44.0 Å². The summed E-state index contributed by atoms with van der Waals surface area (Å²) in [7, 11) is -3.54. The molecule has 2 rings (SSSR count). The second-order valence-corrected chi connectivity index (χ2v) is 7.28. The molecule has 1 atom stereocenters. The summed E-state index contributed by atoms with van der Waals surface area (Å²) in [4.78, 5) is 0.239. The van der Waals surface area contributed by atoms with E-state index in [1.54, 1.807) is 22.5 Å². The summed E-state index contributed by atoms with van der Waals surface area (Å²) < 4.78 is 27.4. The highest BCUT2D eigenvalue weighted by molar-refractivity contribution is 7.89. The van der Waals surface area contributed by atoms with Crippen molar-refractivity contribution in [1.29, 1.82) is 0 Å². The Morgan fingerprint density at radius 1 is 1.38 bits per heavy atom. The predicted octanol–water partition coefficient (Wildman–Crippen LogP) is 1.90. The van der Waals surface area contributed by atoms with Crippen LogP contribution in [0.4, 0.5) is 0 Å². The van der Waals surface area contributed by atoms with Crippen LogP contribution in [0.15, 0.2) is 23.1 Å². The Morgan fingerprint density at radius 3 is 2.81 bits per heavy atom. The zero-order valence-electron chi connectivity index (χ0n) is 12.5. The molecule has 5 heteroatoms. The standard InChI is InChI=1S/C16H21NO3S/c1-13-8-9-16(15(12-13)7-5-11-18)21(19,20)17-10-4-3-6-14(17)2/h8-9,12,14,18H,3-4,6,10-11H2,1-2H3. The second kappa shape index (κ2) is 6.61. The Hall–Kier alpha value is -1.35. The summed E-state index contributed by atoms with van der Waals surface area (Å²) in [6.07, 6.45) is 2.86. The molecule has 1 unspecified atom stereocenters. The minimum atomic E-state index is -3.54. The van der Waals surface area contributed by atoms with Gasteiger partial charge in [0.05, 0.1) is 4.90 Å². The van der Waals surface area contributed by atoms with Crippen molar-refractivity contribution in [1.82, 2.24) is 4.31 Å². The summed E-state index contributed by atoms with van der Waals surface area (Å²) in [5.74, 6) is 5.30. The average Bonchev–Trinajstić information content (AvgIpc) is 2.45. The van der Waals surface area contributed by atoms with Gasteiger partial charge in [0, 0.05) is 18.2 Å². The van der Waals surface area contributed by atoms with E-state index in [0.717, 1.165) is 24.8 Å². The minimum Gasteiger partial charge on any atom is -0.384 e. The van der Waals surface area contributed by atoms with Crippen LogP contribution in [0.25, 0.3) is 0 Å². The molecule has 114 valence electrons. The first-order valence-electron chi connectivity index (χ1n) is 7.19. The number of aliphatic hydroxyl groups is 1. The molecule has 1 saturated heterocycles. The van der Waals surface area contributed by atoms with Crippen LogP contribution in [0.1, 0.15) is 37.3 Å². The Morgan fingerprint density at radius 2 is 2.14 bits per heavy atom. The Labute approximate surface area is 126 Å². The fraction of sp³-hybridized carbons (Fsp3) is 0.500. The van der Waals surface area contributed by atoms with E-state index in [-0.39, 0.29) is 17.5 Å². The lowest BCUT2D eigenvalue weighted by Gasteiger charge is -2.32. The molecule has 21 heavy (non-hydrogen) atoms. The molecule has 0 amide bonds. The van der Waals surface area contributed by atoms with Gasteiger partial charge in [-0.25, -0.2) is 8.42 Å². The first-order chi connectivity index (χ1) is 9.96. The lowest BCUT2D eigenvalue weighted by Crippen LogP contribution is -2.42. The number of rotatable bonds is 2. The number of aryl methyl sites for hydroxylation is 1. The van der Waals surface area contributed by atoms with E-state index in [0.29, 0.717) is 12.1 Å². The molecule has 1 fully saturated rings. The van der Waals surface area contributed by atoms with Crippen LogP contribution < -0.4 is 0 Å². The molecule has 0 saturated carbocycles. The number of hydrogen-bond acceptors (Lipinski definition) is 3. The largest absolute Gasteiger partial charge is 0.384 e. The van der Waals surface area contributed by atoms with E-state index in [4.69, 9.17) is 5.11 Å². The lowest BCUT2D eigenvalue weighted by molar-refractivity contribution is 0.268. The van der Waals surface area contributed by atoms with Gasteiger partial charge >= 0.3 is 0 Å². The molecule has 4 nitrogen and oxygen atoms in total. The SMILES string of the molecule is Cc1ccc(S(=O)(=O)N2CCCCC2C)c(C#CCO)c1. The van der Waals surface area contributed by atoms with E-state index in [1.165, 1.54) is 0 Å². The highest BCUT2D eigenvalue weighted by atomic mass is 32.2. The van der Waals surface area contributed by atoms with Crippen molar-refractivity contribution in [3.05, 3.63) is 29.3 Å². The van der Waals surface area contributed by atoms with E-state index in [9.17, 15) is 8.42 Å². The number of nitrogens with zero attached hydrogens (tertiary/aromatic N) is 1. The Bertz CT molecular complexity index is 670. The van der Waals surface area contributed by atoms with E-state index in [2.05, 4.69) is 11.8 Å². The topological polar surface area (TPSA) is 57.6 Å². The first-order valence-corrected chi connectivity index (χ1v) is 8.63.